The van der Waals surface area contributed by atoms with Gasteiger partial charge in [0.05, 0.1) is 29.3 Å². The highest BCUT2D eigenvalue weighted by Gasteiger charge is 2.57. The molecule has 2 saturated heterocycles. The minimum Gasteiger partial charge on any atom is -0.505 e. The highest BCUT2D eigenvalue weighted by atomic mass is 19.1. The van der Waals surface area contributed by atoms with Crippen LogP contribution in [0, 0.1) is 23.6 Å². The summed E-state index contributed by atoms with van der Waals surface area (Å²) in [4.78, 5) is 33.3. The Morgan fingerprint density at radius 2 is 1.93 bits per heavy atom. The molecule has 6 rings (SSSR count). The van der Waals surface area contributed by atoms with E-state index in [0.29, 0.717) is 36.9 Å². The summed E-state index contributed by atoms with van der Waals surface area (Å²) in [5.74, 6) is -3.56. The predicted molar refractivity (Wildman–Crippen MR) is 168 cm³/mol. The average molecular weight is 610 g/mol. The quantitative estimate of drug-likeness (QED) is 0.173. The number of allylic oxidation sites excluding steroid dienone is 2. The third kappa shape index (κ3) is 5.98. The molecular formula is C33H33B2FN2O7. The predicted octanol–water partition coefficient (Wildman–Crippen LogP) is 3.34. The van der Waals surface area contributed by atoms with Gasteiger partial charge < -0.3 is 24.8 Å². The molecule has 2 aliphatic heterocycles. The Morgan fingerprint density at radius 3 is 2.64 bits per heavy atom. The van der Waals surface area contributed by atoms with E-state index in [1.165, 1.54) is 24.3 Å². The zero-order chi connectivity index (χ0) is 31.8. The van der Waals surface area contributed by atoms with Crippen molar-refractivity contribution >= 4 is 48.9 Å². The maximum absolute atomic E-state index is 14.2. The van der Waals surface area contributed by atoms with Crippen molar-refractivity contribution in [2.24, 2.45) is 17.8 Å². The molecule has 0 bridgehead atoms. The van der Waals surface area contributed by atoms with Crippen molar-refractivity contribution < 1.29 is 38.8 Å². The van der Waals surface area contributed by atoms with Crippen molar-refractivity contribution in [2.45, 2.75) is 45.0 Å². The number of carbonyl (C=O) groups excluding carboxylic acids is 2. The SMILES string of the molecule is CCC1=C2[C@@H](CC/C(=C/c3ccc(O)c(F)c3)c3ccccn3)OB(O)C[C@@H]2[C@@H]2C(=O)N(c3cccc(B(O)O)c3)C(=O)[C@@H]2C1. The summed E-state index contributed by atoms with van der Waals surface area (Å²) in [5.41, 5.74) is 4.48. The number of benzene rings is 2. The van der Waals surface area contributed by atoms with Crippen LogP contribution in [0.15, 0.2) is 78.0 Å². The van der Waals surface area contributed by atoms with Crippen LogP contribution < -0.4 is 10.4 Å². The third-order valence-corrected chi connectivity index (χ3v) is 9.14. The molecule has 12 heteroatoms. The van der Waals surface area contributed by atoms with Gasteiger partial charge in [0.1, 0.15) is 0 Å². The number of nitrogens with zero attached hydrogens (tertiary/aromatic N) is 2. The Hall–Kier alpha value is -4.09. The summed E-state index contributed by atoms with van der Waals surface area (Å²) >= 11 is 0. The molecule has 4 N–H and O–H groups in total. The minimum absolute atomic E-state index is 0.171. The second-order valence-electron chi connectivity index (χ2n) is 11.8. The molecule has 3 aliphatic rings. The van der Waals surface area contributed by atoms with E-state index in [-0.39, 0.29) is 29.3 Å². The first-order chi connectivity index (χ1) is 21.7. The Kier molecular flexibility index (Phi) is 8.74. The van der Waals surface area contributed by atoms with Crippen molar-refractivity contribution in [2.75, 3.05) is 4.90 Å². The number of aromatic hydroxyl groups is 1. The van der Waals surface area contributed by atoms with Gasteiger partial charge in [0.2, 0.25) is 11.8 Å². The zero-order valence-corrected chi connectivity index (χ0v) is 24.7. The summed E-state index contributed by atoms with van der Waals surface area (Å²) in [7, 11) is -2.89. The molecule has 3 aromatic rings. The molecule has 1 aromatic heterocycles. The Balaban J connectivity index is 1.31. The topological polar surface area (TPSA) is 140 Å². The van der Waals surface area contributed by atoms with Gasteiger partial charge in [0.25, 0.3) is 0 Å². The first kappa shape index (κ1) is 30.9. The minimum atomic E-state index is -1.75. The second kappa shape index (κ2) is 12.7. The van der Waals surface area contributed by atoms with Crippen LogP contribution in [-0.2, 0) is 14.2 Å². The van der Waals surface area contributed by atoms with Crippen molar-refractivity contribution in [1.29, 1.82) is 0 Å². The normalized spacial score (nSPS) is 23.4. The smallest absolute Gasteiger partial charge is 0.488 e. The van der Waals surface area contributed by atoms with Gasteiger partial charge in [-0.25, -0.2) is 4.39 Å². The summed E-state index contributed by atoms with van der Waals surface area (Å²) in [6.45, 7) is 2.01. The third-order valence-electron chi connectivity index (χ3n) is 9.14. The standard InChI is InChI=1S/C33H33B2FN2O7/c1-2-20-16-24-31(33(41)38(32(24)40)23-7-5-6-22(17-23)35(43)44)25-18-34(42)45-29(30(20)25)12-10-21(27-8-3-4-13-37-27)14-19-9-11-28(39)26(36)15-19/h3-9,11,13-15,17,24-25,29,31,39,42-44H,2,10,12,16,18H2,1H3/b21-14-/t24-,25+,29-,31-/m1/s1. The number of imide groups is 1. The highest BCUT2D eigenvalue weighted by Crippen LogP contribution is 2.52. The lowest BCUT2D eigenvalue weighted by molar-refractivity contribution is -0.122. The number of hydrogen-bond donors (Lipinski definition) is 4. The Labute approximate surface area is 261 Å². The van der Waals surface area contributed by atoms with E-state index in [2.05, 4.69) is 4.98 Å². The van der Waals surface area contributed by atoms with Crippen molar-refractivity contribution in [1.82, 2.24) is 4.98 Å². The molecule has 2 fully saturated rings. The lowest BCUT2D eigenvalue weighted by atomic mass is 9.58. The summed E-state index contributed by atoms with van der Waals surface area (Å²) < 4.78 is 20.3. The van der Waals surface area contributed by atoms with Gasteiger partial charge in [0.15, 0.2) is 11.6 Å². The average Bonchev–Trinajstić information content (AvgIpc) is 3.29. The molecule has 230 valence electrons. The fourth-order valence-electron chi connectivity index (χ4n) is 7.11. The molecule has 0 radical (unpaired) electrons. The number of phenols is 1. The molecule has 3 heterocycles. The van der Waals surface area contributed by atoms with Crippen LogP contribution in [0.1, 0.15) is 43.9 Å². The molecular weight excluding hydrogens is 577 g/mol. The number of fused-ring (bicyclic) bond motifs is 3. The van der Waals surface area contributed by atoms with E-state index in [4.69, 9.17) is 4.65 Å². The van der Waals surface area contributed by atoms with E-state index < -0.39 is 49.7 Å². The summed E-state index contributed by atoms with van der Waals surface area (Å²) in [5, 5.41) is 39.9. The Bertz CT molecular complexity index is 1680. The molecule has 0 spiro atoms. The van der Waals surface area contributed by atoms with E-state index >= 15 is 0 Å². The van der Waals surface area contributed by atoms with Gasteiger partial charge in [-0.1, -0.05) is 36.8 Å². The van der Waals surface area contributed by atoms with Crippen LogP contribution in [0.3, 0.4) is 0 Å². The molecule has 2 amide bonds. The molecule has 1 aliphatic carbocycles. The zero-order valence-electron chi connectivity index (χ0n) is 24.7. The Morgan fingerprint density at radius 1 is 1.11 bits per heavy atom. The maximum Gasteiger partial charge on any atom is 0.488 e. The van der Waals surface area contributed by atoms with Crippen LogP contribution in [0.4, 0.5) is 10.1 Å². The number of carbonyl (C=O) groups is 2. The van der Waals surface area contributed by atoms with Gasteiger partial charge in [-0.3, -0.25) is 19.5 Å². The van der Waals surface area contributed by atoms with Crippen LogP contribution in [0.2, 0.25) is 6.32 Å². The number of aromatic nitrogens is 1. The van der Waals surface area contributed by atoms with Gasteiger partial charge in [0, 0.05) is 6.20 Å². The van der Waals surface area contributed by atoms with E-state index in [1.807, 2.05) is 25.1 Å². The highest BCUT2D eigenvalue weighted by molar-refractivity contribution is 6.58. The van der Waals surface area contributed by atoms with Crippen molar-refractivity contribution in [3.05, 3.63) is 95.1 Å². The number of anilines is 1. The second-order valence-corrected chi connectivity index (χ2v) is 11.8. The molecule has 2 aromatic carbocycles. The van der Waals surface area contributed by atoms with Gasteiger partial charge >= 0.3 is 14.2 Å². The van der Waals surface area contributed by atoms with Gasteiger partial charge in [-0.15, -0.1) is 0 Å². The summed E-state index contributed by atoms with van der Waals surface area (Å²) in [6.07, 6.45) is 5.06. The lowest BCUT2D eigenvalue weighted by Crippen LogP contribution is -2.46. The molecule has 0 unspecified atom stereocenters. The largest absolute Gasteiger partial charge is 0.505 e. The first-order valence-electron chi connectivity index (χ1n) is 15.2. The first-order valence-corrected chi connectivity index (χ1v) is 15.2. The van der Waals surface area contributed by atoms with Crippen LogP contribution in [0.5, 0.6) is 5.75 Å². The van der Waals surface area contributed by atoms with Crippen LogP contribution in [0.25, 0.3) is 11.6 Å². The monoisotopic (exact) mass is 610 g/mol. The van der Waals surface area contributed by atoms with E-state index in [9.17, 15) is 34.2 Å². The fraction of sp³-hybridized carbons (Fsp3) is 0.303. The molecule has 0 saturated carbocycles. The number of hydrogen-bond acceptors (Lipinski definition) is 8. The molecule has 9 nitrogen and oxygen atoms in total. The van der Waals surface area contributed by atoms with E-state index in [1.54, 1.807) is 30.5 Å². The lowest BCUT2D eigenvalue weighted by Gasteiger charge is -2.43. The van der Waals surface area contributed by atoms with E-state index in [0.717, 1.165) is 21.6 Å². The molecule has 45 heavy (non-hydrogen) atoms. The van der Waals surface area contributed by atoms with Crippen LogP contribution in [-0.4, -0.2) is 57.3 Å². The number of amides is 2. The number of rotatable bonds is 8. The number of pyridine rings is 1. The number of halogens is 1. The maximum atomic E-state index is 14.2. The van der Waals surface area contributed by atoms with Crippen LogP contribution >= 0.6 is 0 Å². The van der Waals surface area contributed by atoms with Gasteiger partial charge in [-0.05, 0) is 103 Å². The summed E-state index contributed by atoms with van der Waals surface area (Å²) in [6, 6.07) is 15.8. The van der Waals surface area contributed by atoms with Crippen molar-refractivity contribution in [3.63, 3.8) is 0 Å². The number of phenolic OH excluding ortho intramolecular Hbond substituents is 1. The fourth-order valence-corrected chi connectivity index (χ4v) is 7.11. The van der Waals surface area contributed by atoms with Crippen molar-refractivity contribution in [3.8, 4) is 5.75 Å². The van der Waals surface area contributed by atoms with Gasteiger partial charge in [-0.2, -0.15) is 0 Å². The molecule has 4 atom stereocenters.